The van der Waals surface area contributed by atoms with Crippen molar-refractivity contribution >= 4 is 27.9 Å². The van der Waals surface area contributed by atoms with E-state index < -0.39 is 5.91 Å². The van der Waals surface area contributed by atoms with Gasteiger partial charge in [-0.05, 0) is 57.8 Å². The first kappa shape index (κ1) is 23.1. The molecular formula is C26H23BrN2O3. The maximum absolute atomic E-state index is 12.5. The van der Waals surface area contributed by atoms with Crippen LogP contribution in [0.5, 0.6) is 11.5 Å². The highest BCUT2D eigenvalue weighted by molar-refractivity contribution is 9.10. The molecular weight excluding hydrogens is 468 g/mol. The van der Waals surface area contributed by atoms with Crippen LogP contribution in [-0.4, -0.2) is 13.0 Å². The van der Waals surface area contributed by atoms with Gasteiger partial charge in [-0.25, -0.2) is 0 Å². The van der Waals surface area contributed by atoms with E-state index in [1.54, 1.807) is 19.2 Å². The van der Waals surface area contributed by atoms with E-state index in [-0.39, 0.29) is 5.57 Å². The molecule has 0 aromatic heterocycles. The zero-order valence-electron chi connectivity index (χ0n) is 17.9. The van der Waals surface area contributed by atoms with Gasteiger partial charge in [0.15, 0.2) is 11.5 Å². The first-order chi connectivity index (χ1) is 15.5. The van der Waals surface area contributed by atoms with E-state index in [1.807, 2.05) is 61.5 Å². The van der Waals surface area contributed by atoms with Crippen molar-refractivity contribution in [2.45, 2.75) is 20.1 Å². The Bertz CT molecular complexity index is 1170. The second-order valence-corrected chi connectivity index (χ2v) is 8.00. The fraction of sp³-hybridized carbons (Fsp3) is 0.154. The van der Waals surface area contributed by atoms with Gasteiger partial charge in [0.2, 0.25) is 0 Å². The summed E-state index contributed by atoms with van der Waals surface area (Å²) in [5.41, 5.74) is 3.81. The number of hydrogen-bond acceptors (Lipinski definition) is 4. The number of aryl methyl sites for hydroxylation is 1. The third kappa shape index (κ3) is 6.22. The quantitative estimate of drug-likeness (QED) is 0.331. The standard InChI is InChI=1S/C26H23BrN2O3/c1-18-7-6-10-20(11-18)17-32-25-23(27)13-21(14-24(25)31-2)12-22(15-28)26(30)29-16-19-8-4-3-5-9-19/h3-14H,16-17H2,1-2H3,(H,29,30)/b22-12-. The number of methoxy groups -OCH3 is 1. The van der Waals surface area contributed by atoms with Crippen molar-refractivity contribution in [1.29, 1.82) is 5.26 Å². The number of benzene rings is 3. The number of ether oxygens (including phenoxy) is 2. The highest BCUT2D eigenvalue weighted by Crippen LogP contribution is 2.37. The monoisotopic (exact) mass is 490 g/mol. The molecule has 0 unspecified atom stereocenters. The van der Waals surface area contributed by atoms with Crippen molar-refractivity contribution < 1.29 is 14.3 Å². The molecule has 0 aliphatic rings. The van der Waals surface area contributed by atoms with Gasteiger partial charge in [0.1, 0.15) is 18.2 Å². The Morgan fingerprint density at radius 1 is 1.09 bits per heavy atom. The predicted molar refractivity (Wildman–Crippen MR) is 128 cm³/mol. The van der Waals surface area contributed by atoms with Crippen LogP contribution in [0.25, 0.3) is 6.08 Å². The molecule has 0 atom stereocenters. The van der Waals surface area contributed by atoms with Crippen LogP contribution in [0.1, 0.15) is 22.3 Å². The van der Waals surface area contributed by atoms with E-state index in [0.717, 1.165) is 16.7 Å². The number of nitriles is 1. The Morgan fingerprint density at radius 2 is 1.84 bits per heavy atom. The maximum Gasteiger partial charge on any atom is 0.262 e. The van der Waals surface area contributed by atoms with Gasteiger partial charge in [0, 0.05) is 6.54 Å². The molecule has 1 amide bonds. The highest BCUT2D eigenvalue weighted by atomic mass is 79.9. The largest absolute Gasteiger partial charge is 0.493 e. The van der Waals surface area contributed by atoms with E-state index in [2.05, 4.69) is 27.3 Å². The molecule has 3 aromatic rings. The molecule has 0 saturated carbocycles. The van der Waals surface area contributed by atoms with Crippen molar-refractivity contribution in [3.05, 3.63) is 99.0 Å². The molecule has 3 aromatic carbocycles. The van der Waals surface area contributed by atoms with Gasteiger partial charge in [-0.1, -0.05) is 60.2 Å². The van der Waals surface area contributed by atoms with Crippen molar-refractivity contribution in [3.8, 4) is 17.6 Å². The Hall–Kier alpha value is -3.56. The third-order valence-corrected chi connectivity index (χ3v) is 5.28. The molecule has 0 bridgehead atoms. The summed E-state index contributed by atoms with van der Waals surface area (Å²) in [5, 5.41) is 12.3. The van der Waals surface area contributed by atoms with Gasteiger partial charge < -0.3 is 14.8 Å². The van der Waals surface area contributed by atoms with Gasteiger partial charge in [-0.3, -0.25) is 4.79 Å². The van der Waals surface area contributed by atoms with E-state index in [4.69, 9.17) is 9.47 Å². The lowest BCUT2D eigenvalue weighted by Gasteiger charge is -2.14. The summed E-state index contributed by atoms with van der Waals surface area (Å²) in [4.78, 5) is 12.5. The minimum Gasteiger partial charge on any atom is -0.493 e. The number of nitrogens with one attached hydrogen (secondary N) is 1. The number of carbonyl (C=O) groups excluding carboxylic acids is 1. The first-order valence-electron chi connectivity index (χ1n) is 10.00. The average molecular weight is 491 g/mol. The van der Waals surface area contributed by atoms with E-state index >= 15 is 0 Å². The first-order valence-corrected chi connectivity index (χ1v) is 10.8. The summed E-state index contributed by atoms with van der Waals surface area (Å²) in [5.74, 6) is 0.615. The maximum atomic E-state index is 12.5. The van der Waals surface area contributed by atoms with Crippen molar-refractivity contribution in [3.63, 3.8) is 0 Å². The lowest BCUT2D eigenvalue weighted by atomic mass is 10.1. The van der Waals surface area contributed by atoms with E-state index in [9.17, 15) is 10.1 Å². The van der Waals surface area contributed by atoms with Crippen molar-refractivity contribution in [2.75, 3.05) is 7.11 Å². The SMILES string of the molecule is COc1cc(/C=C(/C#N)C(=O)NCc2ccccc2)cc(Br)c1OCc1cccc(C)c1. The number of nitrogens with zero attached hydrogens (tertiary/aromatic N) is 1. The van der Waals surface area contributed by atoms with Crippen LogP contribution in [-0.2, 0) is 17.9 Å². The van der Waals surface area contributed by atoms with Crippen LogP contribution >= 0.6 is 15.9 Å². The Labute approximate surface area is 196 Å². The van der Waals surface area contributed by atoms with E-state index in [0.29, 0.717) is 34.7 Å². The molecule has 162 valence electrons. The number of hydrogen-bond donors (Lipinski definition) is 1. The van der Waals surface area contributed by atoms with Crippen LogP contribution in [0.15, 0.2) is 76.8 Å². The minimum absolute atomic E-state index is 0.00307. The van der Waals surface area contributed by atoms with Gasteiger partial charge in [-0.2, -0.15) is 5.26 Å². The fourth-order valence-corrected chi connectivity index (χ4v) is 3.68. The average Bonchev–Trinajstić information content (AvgIpc) is 2.80. The summed E-state index contributed by atoms with van der Waals surface area (Å²) < 4.78 is 12.1. The summed E-state index contributed by atoms with van der Waals surface area (Å²) >= 11 is 3.52. The second-order valence-electron chi connectivity index (χ2n) is 7.15. The number of carbonyl (C=O) groups is 1. The van der Waals surface area contributed by atoms with Gasteiger partial charge in [-0.15, -0.1) is 0 Å². The predicted octanol–water partition coefficient (Wildman–Crippen LogP) is 5.57. The number of rotatable bonds is 8. The normalized spacial score (nSPS) is 10.9. The molecule has 0 radical (unpaired) electrons. The van der Waals surface area contributed by atoms with Crippen LogP contribution in [0.3, 0.4) is 0 Å². The molecule has 0 saturated heterocycles. The lowest BCUT2D eigenvalue weighted by molar-refractivity contribution is -0.117. The molecule has 0 aliphatic carbocycles. The Morgan fingerprint density at radius 3 is 2.53 bits per heavy atom. The summed E-state index contributed by atoms with van der Waals surface area (Å²) in [6.45, 7) is 2.76. The smallest absolute Gasteiger partial charge is 0.262 e. The second kappa shape index (κ2) is 11.2. The van der Waals surface area contributed by atoms with Gasteiger partial charge in [0.05, 0.1) is 11.6 Å². The van der Waals surface area contributed by atoms with Crippen LogP contribution in [0.2, 0.25) is 0 Å². The lowest BCUT2D eigenvalue weighted by Crippen LogP contribution is -2.23. The Kier molecular flexibility index (Phi) is 8.07. The zero-order chi connectivity index (χ0) is 22.9. The zero-order valence-corrected chi connectivity index (χ0v) is 19.5. The highest BCUT2D eigenvalue weighted by Gasteiger charge is 2.14. The number of halogens is 1. The van der Waals surface area contributed by atoms with Crippen molar-refractivity contribution in [2.24, 2.45) is 0 Å². The van der Waals surface area contributed by atoms with Crippen LogP contribution in [0, 0.1) is 18.3 Å². The summed E-state index contributed by atoms with van der Waals surface area (Å²) in [6, 6.07) is 23.1. The Balaban J connectivity index is 1.76. The molecule has 0 fully saturated rings. The molecule has 0 aliphatic heterocycles. The fourth-order valence-electron chi connectivity index (χ4n) is 3.11. The molecule has 5 nitrogen and oxygen atoms in total. The number of amides is 1. The summed E-state index contributed by atoms with van der Waals surface area (Å²) in [7, 11) is 1.55. The topological polar surface area (TPSA) is 71.3 Å². The minimum atomic E-state index is -0.439. The van der Waals surface area contributed by atoms with Crippen LogP contribution < -0.4 is 14.8 Å². The molecule has 6 heteroatoms. The van der Waals surface area contributed by atoms with Crippen LogP contribution in [0.4, 0.5) is 0 Å². The third-order valence-electron chi connectivity index (χ3n) is 4.69. The van der Waals surface area contributed by atoms with Crippen molar-refractivity contribution in [1.82, 2.24) is 5.32 Å². The van der Waals surface area contributed by atoms with E-state index in [1.165, 1.54) is 6.08 Å². The molecule has 1 N–H and O–H groups in total. The molecule has 0 spiro atoms. The molecule has 32 heavy (non-hydrogen) atoms. The van der Waals surface area contributed by atoms with Gasteiger partial charge in [0.25, 0.3) is 5.91 Å². The molecule has 0 heterocycles. The molecule has 3 rings (SSSR count). The van der Waals surface area contributed by atoms with Gasteiger partial charge >= 0.3 is 0 Å². The summed E-state index contributed by atoms with van der Waals surface area (Å²) in [6.07, 6.45) is 1.53.